The maximum atomic E-state index is 15.4. The van der Waals surface area contributed by atoms with Gasteiger partial charge in [0.15, 0.2) is 69.8 Å². The first-order chi connectivity index (χ1) is 25.9. The van der Waals surface area contributed by atoms with Crippen molar-refractivity contribution in [1.29, 1.82) is 0 Å². The predicted molar refractivity (Wildman–Crippen MR) is 160 cm³/mol. The van der Waals surface area contributed by atoms with E-state index in [9.17, 15) is 52.7 Å². The second-order valence-corrected chi connectivity index (χ2v) is 13.9. The summed E-state index contributed by atoms with van der Waals surface area (Å²) in [7, 11) is 0.414. The van der Waals surface area contributed by atoms with Crippen molar-refractivity contribution < 1.29 is 92.9 Å². The van der Waals surface area contributed by atoms with Gasteiger partial charge in [-0.15, -0.1) is 21.9 Å². The Morgan fingerprint density at radius 3 is 0.786 bits per heavy atom. The molecule has 0 saturated heterocycles. The lowest BCUT2D eigenvalue weighted by atomic mass is 9.12. The van der Waals surface area contributed by atoms with Crippen molar-refractivity contribution in [3.05, 3.63) is 146 Å². The number of phenolic OH excluding ortho intramolecular Hbond substituents is 1. The number of phenols is 1. The van der Waals surface area contributed by atoms with E-state index in [2.05, 4.69) is 12.5 Å². The number of hydrogen-bond donors (Lipinski definition) is 1. The average Bonchev–Trinajstić information content (AvgIpc) is 3.14. The average molecular weight is 848 g/mol. The van der Waals surface area contributed by atoms with Crippen molar-refractivity contribution in [1.82, 2.24) is 0 Å². The summed E-state index contributed by atoms with van der Waals surface area (Å²) in [5, 5.41) is 9.13. The summed E-state index contributed by atoms with van der Waals surface area (Å²) in [6.45, 7) is 0. The van der Waals surface area contributed by atoms with Crippen molar-refractivity contribution in [3.63, 3.8) is 0 Å². The molecule has 0 fully saturated rings. The molecule has 23 heteroatoms. The predicted octanol–water partition coefficient (Wildman–Crippen LogP) is 7.62. The first-order valence-electron chi connectivity index (χ1n) is 14.4. The topological polar surface area (TPSA) is 20.2 Å². The van der Waals surface area contributed by atoms with E-state index in [1.54, 1.807) is 6.07 Å². The SMILES string of the molecule is C[S+](C)Cc1cccc(O)c1.Fc1c(F)c(F)c([B-](c2c(F)c(F)c(F)c(F)c2F)(c2c(F)c(F)c(F)c(F)c2F)c2c(F)c(F)c(F)c(F)c2F)c(F)c1F. The van der Waals surface area contributed by atoms with Gasteiger partial charge in [0.2, 0.25) is 0 Å². The number of rotatable bonds is 6. The van der Waals surface area contributed by atoms with Gasteiger partial charge in [0, 0.05) is 5.56 Å². The van der Waals surface area contributed by atoms with Crippen LogP contribution in [0, 0.1) is 116 Å². The summed E-state index contributed by atoms with van der Waals surface area (Å²) in [6, 6.07) is 7.46. The molecule has 0 aliphatic carbocycles. The maximum Gasteiger partial charge on any atom is 0.200 e. The summed E-state index contributed by atoms with van der Waals surface area (Å²) < 4.78 is 294. The molecular formula is C33H13BF20OS. The summed E-state index contributed by atoms with van der Waals surface area (Å²) >= 11 is 0. The van der Waals surface area contributed by atoms with Gasteiger partial charge >= 0.3 is 0 Å². The molecular weight excluding hydrogens is 835 g/mol. The fourth-order valence-electron chi connectivity index (χ4n) is 5.85. The quantitative estimate of drug-likeness (QED) is 0.0614. The summed E-state index contributed by atoms with van der Waals surface area (Å²) in [6.07, 6.45) is -2.82. The van der Waals surface area contributed by atoms with Gasteiger partial charge in [-0.2, -0.15) is 0 Å². The molecule has 0 spiro atoms. The van der Waals surface area contributed by atoms with Crippen LogP contribution in [-0.2, 0) is 16.6 Å². The van der Waals surface area contributed by atoms with Gasteiger partial charge in [-0.1, -0.05) is 12.1 Å². The van der Waals surface area contributed by atoms with Gasteiger partial charge in [0.05, 0.1) is 12.5 Å². The molecule has 0 bridgehead atoms. The van der Waals surface area contributed by atoms with Crippen molar-refractivity contribution in [2.75, 3.05) is 12.5 Å². The third-order valence-corrected chi connectivity index (χ3v) is 8.98. The van der Waals surface area contributed by atoms with E-state index in [1.165, 1.54) is 5.56 Å². The van der Waals surface area contributed by atoms with E-state index in [0.717, 1.165) is 5.75 Å². The van der Waals surface area contributed by atoms with E-state index in [1.807, 2.05) is 18.2 Å². The molecule has 5 aromatic carbocycles. The van der Waals surface area contributed by atoms with Crippen LogP contribution in [0.2, 0.25) is 0 Å². The molecule has 1 N–H and O–H groups in total. The lowest BCUT2D eigenvalue weighted by molar-refractivity contribution is 0.378. The van der Waals surface area contributed by atoms with E-state index in [-0.39, 0.29) is 0 Å². The van der Waals surface area contributed by atoms with Crippen molar-refractivity contribution >= 4 is 38.9 Å². The molecule has 1 nitrogen and oxygen atoms in total. The minimum absolute atomic E-state index is 0.368. The zero-order valence-corrected chi connectivity index (χ0v) is 27.8. The fraction of sp³-hybridized carbons (Fsp3) is 0.0909. The van der Waals surface area contributed by atoms with Crippen LogP contribution in [0.3, 0.4) is 0 Å². The van der Waals surface area contributed by atoms with Crippen molar-refractivity contribution in [2.24, 2.45) is 0 Å². The molecule has 0 unspecified atom stereocenters. The fourth-order valence-corrected chi connectivity index (χ4v) is 6.70. The molecule has 300 valence electrons. The first-order valence-corrected chi connectivity index (χ1v) is 16.6. The van der Waals surface area contributed by atoms with Gasteiger partial charge < -0.3 is 5.11 Å². The lowest BCUT2D eigenvalue weighted by Crippen LogP contribution is -2.81. The third kappa shape index (κ3) is 6.76. The molecule has 0 atom stereocenters. The van der Waals surface area contributed by atoms with Crippen LogP contribution in [0.4, 0.5) is 87.8 Å². The molecule has 0 aliphatic heterocycles. The Kier molecular flexibility index (Phi) is 12.3. The molecule has 0 saturated carbocycles. The number of aromatic hydroxyl groups is 1. The monoisotopic (exact) mass is 848 g/mol. The van der Waals surface area contributed by atoms with Gasteiger partial charge in [-0.05, 0) is 23.0 Å². The highest BCUT2D eigenvalue weighted by molar-refractivity contribution is 7.94. The first kappa shape index (κ1) is 43.6. The minimum atomic E-state index is -7.22. The summed E-state index contributed by atoms with van der Waals surface area (Å²) in [4.78, 5) is 0. The Labute approximate surface area is 302 Å². The zero-order valence-electron chi connectivity index (χ0n) is 27.0. The second-order valence-electron chi connectivity index (χ2n) is 11.6. The van der Waals surface area contributed by atoms with Crippen LogP contribution in [0.15, 0.2) is 24.3 Å². The Morgan fingerprint density at radius 1 is 0.375 bits per heavy atom. The van der Waals surface area contributed by atoms with Crippen molar-refractivity contribution in [2.45, 2.75) is 5.75 Å². The van der Waals surface area contributed by atoms with Crippen LogP contribution >= 0.6 is 0 Å². The van der Waals surface area contributed by atoms with Gasteiger partial charge in [0.25, 0.3) is 0 Å². The Balaban J connectivity index is 0.000000544. The zero-order chi connectivity index (χ0) is 42.6. The Morgan fingerprint density at radius 2 is 0.589 bits per heavy atom. The van der Waals surface area contributed by atoms with Crippen LogP contribution in [-0.4, -0.2) is 23.8 Å². The standard InChI is InChI=1S/C24BF20.C9H12OS/c26-5-1(6(27)14(35)21(42)13(5)34)25(2-7(28)15(36)22(43)16(37)8(2)29,3-9(30)17(38)23(44)18(39)10(3)31)4-11(32)19(40)24(45)20(41)12(4)33;1-11(2)7-8-4-3-5-9(10)6-8/h;3-6H,7H2,1-2H3/q-1;/p+1. The number of benzene rings is 5. The van der Waals surface area contributed by atoms with E-state index in [4.69, 9.17) is 5.11 Å². The third-order valence-electron chi connectivity index (χ3n) is 8.07. The van der Waals surface area contributed by atoms with E-state index < -0.39 is 144 Å². The van der Waals surface area contributed by atoms with Gasteiger partial charge in [-0.25, -0.2) is 87.8 Å². The van der Waals surface area contributed by atoms with Crippen molar-refractivity contribution in [3.8, 4) is 5.75 Å². The maximum absolute atomic E-state index is 15.4. The van der Waals surface area contributed by atoms with Gasteiger partial charge in [0.1, 0.15) is 64.2 Å². The summed E-state index contributed by atoms with van der Waals surface area (Å²) in [5.41, 5.74) is -13.1. The highest BCUT2D eigenvalue weighted by Crippen LogP contribution is 2.30. The molecule has 0 heterocycles. The molecule has 0 amide bonds. The molecule has 56 heavy (non-hydrogen) atoms. The highest BCUT2D eigenvalue weighted by Gasteiger charge is 2.52. The lowest BCUT2D eigenvalue weighted by Gasteiger charge is -2.44. The molecule has 5 rings (SSSR count). The Hall–Kier alpha value is -5.09. The molecule has 0 radical (unpaired) electrons. The van der Waals surface area contributed by atoms with Crippen LogP contribution < -0.4 is 21.9 Å². The smallest absolute Gasteiger partial charge is 0.200 e. The Bertz CT molecular complexity index is 2020. The number of hydrogen-bond acceptors (Lipinski definition) is 1. The molecule has 0 aromatic heterocycles. The minimum Gasteiger partial charge on any atom is -0.508 e. The van der Waals surface area contributed by atoms with Crippen LogP contribution in [0.1, 0.15) is 5.56 Å². The normalized spacial score (nSPS) is 11.7. The molecule has 5 aromatic rings. The number of halogens is 20. The van der Waals surface area contributed by atoms with Gasteiger partial charge in [-0.3, -0.25) is 0 Å². The highest BCUT2D eigenvalue weighted by atomic mass is 32.2. The second kappa shape index (κ2) is 15.8. The van der Waals surface area contributed by atoms with E-state index in [0.29, 0.717) is 16.6 Å². The van der Waals surface area contributed by atoms with Crippen LogP contribution in [0.25, 0.3) is 0 Å². The van der Waals surface area contributed by atoms with E-state index >= 15 is 35.1 Å². The largest absolute Gasteiger partial charge is 0.508 e. The summed E-state index contributed by atoms with van der Waals surface area (Å²) in [5.74, 6) is -70.0. The molecule has 0 aliphatic rings. The van der Waals surface area contributed by atoms with Crippen LogP contribution in [0.5, 0.6) is 5.75 Å².